The number of hydrogen-bond donors (Lipinski definition) is 6. The van der Waals surface area contributed by atoms with Crippen molar-refractivity contribution in [2.45, 2.75) is 63.2 Å². The van der Waals surface area contributed by atoms with E-state index in [0.29, 0.717) is 103 Å². The number of hydroxylamine groups is 2. The number of fused-ring (bicyclic) bond motifs is 10. The number of benzene rings is 2. The fraction of sp³-hybridized carbons (Fsp3) is 0.467. The quantitative estimate of drug-likeness (QED) is 0.0334. The molecule has 0 radical (unpaired) electrons. The molecule has 1 fully saturated rings. The van der Waals surface area contributed by atoms with Crippen LogP contribution in [0.4, 0.5) is 0 Å². The number of pyridine rings is 2. The predicted octanol–water partition coefficient (Wildman–Crippen LogP) is 2.67. The Labute approximate surface area is 497 Å². The maximum atomic E-state index is 13.3. The Balaban J connectivity index is 0.000000196. The van der Waals surface area contributed by atoms with E-state index in [1.807, 2.05) is 0 Å². The molecule has 2 aromatic carbocycles. The van der Waals surface area contributed by atoms with Gasteiger partial charge in [-0.3, -0.25) is 33.6 Å². The van der Waals surface area contributed by atoms with Gasteiger partial charge in [-0.1, -0.05) is 24.3 Å². The lowest BCUT2D eigenvalue weighted by molar-refractivity contribution is -0.172. The zero-order valence-electron chi connectivity index (χ0n) is 50.6. The molecule has 9 rings (SSSR count). The lowest BCUT2D eigenvalue weighted by atomic mass is 9.91. The molecule has 0 saturated carbocycles. The molecule has 1 aliphatic heterocycles. The summed E-state index contributed by atoms with van der Waals surface area (Å²) in [6.07, 6.45) is 10.3. The van der Waals surface area contributed by atoms with Crippen molar-refractivity contribution in [2.75, 3.05) is 109 Å². The van der Waals surface area contributed by atoms with Crippen LogP contribution < -0.4 is 81.3 Å². The van der Waals surface area contributed by atoms with Crippen molar-refractivity contribution in [3.8, 4) is 46.0 Å². The molecule has 86 heavy (non-hydrogen) atoms. The van der Waals surface area contributed by atoms with E-state index < -0.39 is 23.7 Å². The summed E-state index contributed by atoms with van der Waals surface area (Å²) in [7, 11) is 15.0. The highest BCUT2D eigenvalue weighted by molar-refractivity contribution is 6.05. The van der Waals surface area contributed by atoms with E-state index in [0.717, 1.165) is 35.1 Å². The summed E-state index contributed by atoms with van der Waals surface area (Å²) in [6, 6.07) is 3.26. The fourth-order valence-electron chi connectivity index (χ4n) is 11.3. The van der Waals surface area contributed by atoms with Crippen LogP contribution in [0.2, 0.25) is 0 Å². The number of nitrogens with one attached hydrogen (secondary N) is 5. The number of carbonyl (C=O) groups excluding carboxylic acids is 6. The zero-order chi connectivity index (χ0) is 62.7. The van der Waals surface area contributed by atoms with Crippen molar-refractivity contribution in [1.82, 2.24) is 40.8 Å². The van der Waals surface area contributed by atoms with Crippen LogP contribution in [0.1, 0.15) is 124 Å². The number of aromatic nitrogens is 2. The van der Waals surface area contributed by atoms with Crippen LogP contribution in [0, 0.1) is 13.8 Å². The normalized spacial score (nSPS) is 16.9. The average molecular weight is 1200 g/mol. The fourth-order valence-corrected chi connectivity index (χ4v) is 11.3. The van der Waals surface area contributed by atoms with Gasteiger partial charge in [0, 0.05) is 137 Å². The molecule has 4 atom stereocenters. The largest absolute Gasteiger partial charge is 0.495 e. The molecule has 3 heterocycles. The number of nitrogens with zero attached hydrogens (tertiary/aromatic N) is 3. The van der Waals surface area contributed by atoms with Crippen LogP contribution in [0.3, 0.4) is 0 Å². The number of amides is 5. The van der Waals surface area contributed by atoms with Crippen LogP contribution in [0.5, 0.6) is 46.0 Å². The maximum Gasteiger partial charge on any atom is 0.371 e. The van der Waals surface area contributed by atoms with Gasteiger partial charge in [-0.25, -0.2) is 4.79 Å². The van der Waals surface area contributed by atoms with Crippen molar-refractivity contribution in [2.24, 2.45) is 19.8 Å². The van der Waals surface area contributed by atoms with E-state index in [9.17, 15) is 38.4 Å². The molecule has 26 heteroatoms. The molecule has 4 aliphatic carbocycles. The molecule has 464 valence electrons. The predicted molar refractivity (Wildman–Crippen MR) is 315 cm³/mol. The first kappa shape index (κ1) is 64.7. The summed E-state index contributed by atoms with van der Waals surface area (Å²) in [5, 5.41) is 15.2. The van der Waals surface area contributed by atoms with E-state index >= 15 is 0 Å². The Bertz CT molecular complexity index is 3450. The van der Waals surface area contributed by atoms with Gasteiger partial charge in [0.2, 0.25) is 0 Å². The van der Waals surface area contributed by atoms with Crippen LogP contribution in [0.15, 0.2) is 46.0 Å². The molecule has 4 bridgehead atoms. The highest BCUT2D eigenvalue weighted by atomic mass is 16.7. The molecular weight excluding hydrogens is 1120 g/mol. The lowest BCUT2D eigenvalue weighted by Gasteiger charge is -2.24. The Morgan fingerprint density at radius 3 is 1.17 bits per heavy atom. The van der Waals surface area contributed by atoms with Gasteiger partial charge in [0.05, 0.1) is 68.0 Å². The molecule has 4 aromatic rings. The molecule has 1 saturated heterocycles. The number of allylic oxidation sites excluding steroid dienone is 4. The third-order valence-corrected chi connectivity index (χ3v) is 15.6. The Hall–Kier alpha value is -8.88. The number of rotatable bonds is 24. The summed E-state index contributed by atoms with van der Waals surface area (Å²) in [5.74, 6) is 0.0855. The van der Waals surface area contributed by atoms with Crippen molar-refractivity contribution in [3.05, 3.63) is 113 Å². The smallest absolute Gasteiger partial charge is 0.371 e. The number of hydrogen-bond acceptors (Lipinski definition) is 20. The van der Waals surface area contributed by atoms with E-state index in [1.165, 1.54) is 51.8 Å². The second-order valence-corrected chi connectivity index (χ2v) is 20.5. The Morgan fingerprint density at radius 2 is 0.802 bits per heavy atom. The maximum absolute atomic E-state index is 13.3. The van der Waals surface area contributed by atoms with Gasteiger partial charge in [-0.05, 0) is 38.8 Å². The minimum atomic E-state index is -0.903. The minimum Gasteiger partial charge on any atom is -0.495 e. The van der Waals surface area contributed by atoms with Gasteiger partial charge in [0.15, 0.2) is 34.5 Å². The summed E-state index contributed by atoms with van der Waals surface area (Å²) in [4.78, 5) is 104. The highest BCUT2D eigenvalue weighted by Gasteiger charge is 2.45. The van der Waals surface area contributed by atoms with Crippen LogP contribution in [-0.4, -0.2) is 159 Å². The molecule has 5 aliphatic rings. The topological polar surface area (TPSA) is 319 Å². The van der Waals surface area contributed by atoms with Crippen molar-refractivity contribution in [3.63, 3.8) is 0 Å². The zero-order valence-corrected chi connectivity index (χ0v) is 50.6. The molecule has 4 unspecified atom stereocenters. The number of imide groups is 1. The first-order chi connectivity index (χ1) is 41.3. The Kier molecular flexibility index (Phi) is 21.7. The van der Waals surface area contributed by atoms with E-state index in [4.69, 9.17) is 48.5 Å². The van der Waals surface area contributed by atoms with Gasteiger partial charge in [-0.15, -0.1) is 5.06 Å². The van der Waals surface area contributed by atoms with E-state index in [2.05, 4.69) is 50.9 Å². The molecule has 26 nitrogen and oxygen atoms in total. The number of aryl methyl sites for hydroxylation is 2. The van der Waals surface area contributed by atoms with Crippen molar-refractivity contribution >= 4 is 35.5 Å². The summed E-state index contributed by atoms with van der Waals surface area (Å²) in [6.45, 7) is 7.43. The van der Waals surface area contributed by atoms with Crippen molar-refractivity contribution < 1.29 is 71.5 Å². The summed E-state index contributed by atoms with van der Waals surface area (Å²) >= 11 is 0. The lowest BCUT2D eigenvalue weighted by Crippen LogP contribution is -2.37. The number of nitrogens with two attached hydrogens (primary N) is 1. The first-order valence-electron chi connectivity index (χ1n) is 27.9. The SMILES string of the molecule is COc1c(C(=O)NCCNCCN)cc(C)n(C)c1=O.COc1c(OC)c2c(c(OC)c1C(=O)NCCNCCNC(=O)c1cc(C)n(C)c(=O)c1OC)C1C=CC2C1.COc1c(OC)c2c(c(OC)c1C(=O)ON1C(=O)CCC1=O)C1C=CC2C1. The van der Waals surface area contributed by atoms with Gasteiger partial charge in [0.25, 0.3) is 40.7 Å². The number of carbonyl (C=O) groups is 6. The summed E-state index contributed by atoms with van der Waals surface area (Å²) in [5.41, 5.74) is 10.6. The molecule has 0 spiro atoms. The van der Waals surface area contributed by atoms with Crippen molar-refractivity contribution in [1.29, 1.82) is 0 Å². The van der Waals surface area contributed by atoms with E-state index in [-0.39, 0.29) is 93.4 Å². The van der Waals surface area contributed by atoms with Gasteiger partial charge in [-0.2, -0.15) is 0 Å². The first-order valence-corrected chi connectivity index (χ1v) is 27.9. The number of methoxy groups -OCH3 is 8. The highest BCUT2D eigenvalue weighted by Crippen LogP contribution is 2.61. The minimum absolute atomic E-state index is 0.00375. The van der Waals surface area contributed by atoms with Crippen LogP contribution >= 0.6 is 0 Å². The monoisotopic (exact) mass is 1200 g/mol. The second-order valence-electron chi connectivity index (χ2n) is 20.5. The van der Waals surface area contributed by atoms with Gasteiger partial charge < -0.3 is 84.2 Å². The molecule has 2 aromatic heterocycles. The standard InChI is InChI=1S/C28H36N4O7.C19H19NO7.C13H22N4O3/c1-15-13-18(22(36-3)28(35)32(15)2)26(33)30-11-9-29-10-12-31-27(34)21-23(37-4)19-16-7-8-17(14-16)20(19)24(38-5)25(21)39-6;1-24-16-13-9-4-5-10(8-9)14(13)17(25-2)18(26-3)15(16)19(23)27-20-11(21)6-7-12(20)22;1-9-8-10(11(20-3)13(19)17(9)2)12(18)16-7-6-15-5-4-14/h7-8,13,16-17,29H,9-12,14H2,1-6H3,(H,30,33)(H,31,34);4-5,9-10H,6-8H2,1-3H3;8,15H,4-7,14H2,1-3H3,(H,16,18). The summed E-state index contributed by atoms with van der Waals surface area (Å²) < 4.78 is 46.8. The van der Waals surface area contributed by atoms with Gasteiger partial charge >= 0.3 is 5.97 Å². The Morgan fingerprint density at radius 1 is 0.465 bits per heavy atom. The van der Waals surface area contributed by atoms with Crippen LogP contribution in [0.25, 0.3) is 0 Å². The van der Waals surface area contributed by atoms with Crippen LogP contribution in [-0.2, 0) is 28.5 Å². The average Bonchev–Trinajstić information content (AvgIpc) is 2.53. The number of ether oxygens (including phenoxy) is 8. The van der Waals surface area contributed by atoms with E-state index in [1.54, 1.807) is 54.3 Å². The second kappa shape index (κ2) is 28.8. The third kappa shape index (κ3) is 12.9. The van der Waals surface area contributed by atoms with Gasteiger partial charge in [0.1, 0.15) is 22.6 Å². The molecule has 7 N–H and O–H groups in total. The third-order valence-electron chi connectivity index (χ3n) is 15.6. The molecular formula is C60H77N9O17. The molecule has 5 amide bonds.